The number of rotatable bonds is 3. The summed E-state index contributed by atoms with van der Waals surface area (Å²) in [6, 6.07) is 9.73. The third-order valence-corrected chi connectivity index (χ3v) is 5.42. The number of carbonyl (C=O) groups is 1. The zero-order valence-electron chi connectivity index (χ0n) is 13.9. The number of carbonyl (C=O) groups excluding carboxylic acids is 1. The molecule has 0 saturated carbocycles. The number of halogens is 2. The molecular formula is C18H10Cl2N4O3S. The second-order valence-electron chi connectivity index (χ2n) is 5.79. The number of hydrogen-bond donors (Lipinski definition) is 3. The van der Waals surface area contributed by atoms with Crippen LogP contribution >= 0.6 is 34.5 Å². The van der Waals surface area contributed by atoms with Crippen molar-refractivity contribution in [3.8, 4) is 11.3 Å². The molecule has 0 aliphatic carbocycles. The number of H-pyrrole nitrogens is 2. The van der Waals surface area contributed by atoms with E-state index in [2.05, 4.69) is 20.3 Å². The van der Waals surface area contributed by atoms with Crippen LogP contribution in [0.3, 0.4) is 0 Å². The van der Waals surface area contributed by atoms with Crippen molar-refractivity contribution in [1.82, 2.24) is 15.0 Å². The van der Waals surface area contributed by atoms with Crippen LogP contribution in [0.1, 0.15) is 10.4 Å². The normalized spacial score (nSPS) is 10.9. The summed E-state index contributed by atoms with van der Waals surface area (Å²) in [6.45, 7) is 0. The number of nitrogens with zero attached hydrogens (tertiary/aromatic N) is 1. The highest BCUT2D eigenvalue weighted by Gasteiger charge is 2.12. The Labute approximate surface area is 171 Å². The molecule has 4 aromatic rings. The van der Waals surface area contributed by atoms with Gasteiger partial charge in [0.15, 0.2) is 5.13 Å². The molecule has 140 valence electrons. The number of aromatic amines is 2. The average molecular weight is 433 g/mol. The van der Waals surface area contributed by atoms with Crippen LogP contribution in [0.4, 0.5) is 5.13 Å². The molecule has 0 saturated heterocycles. The lowest BCUT2D eigenvalue weighted by Gasteiger charge is -2.04. The molecule has 2 aromatic heterocycles. The molecule has 0 aliphatic heterocycles. The second-order valence-corrected chi connectivity index (χ2v) is 7.46. The predicted octanol–water partition coefficient (Wildman–Crippen LogP) is 3.90. The van der Waals surface area contributed by atoms with E-state index in [-0.39, 0.29) is 0 Å². The van der Waals surface area contributed by atoms with Crippen LogP contribution in [0, 0.1) is 0 Å². The van der Waals surface area contributed by atoms with E-state index in [1.165, 1.54) is 17.4 Å². The van der Waals surface area contributed by atoms with Gasteiger partial charge in [0.1, 0.15) is 0 Å². The zero-order valence-corrected chi connectivity index (χ0v) is 16.2. The van der Waals surface area contributed by atoms with E-state index in [4.69, 9.17) is 23.2 Å². The zero-order chi connectivity index (χ0) is 19.8. The lowest BCUT2D eigenvalue weighted by Crippen LogP contribution is -2.29. The Kier molecular flexibility index (Phi) is 4.76. The number of anilines is 1. The molecule has 4 rings (SSSR count). The maximum Gasteiger partial charge on any atom is 0.314 e. The first-order valence-corrected chi connectivity index (χ1v) is 9.53. The quantitative estimate of drug-likeness (QED) is 0.426. The minimum Gasteiger partial charge on any atom is -0.316 e. The standard InChI is InChI=1S/C18H10Cl2N4O3S/c19-10-3-1-8(5-11(10)20)14-7-28-18(23-14)24-15(25)9-2-4-12-13(6-9)22-17(27)16(26)21-12/h1-7H,(H,21,26)(H,22,27)(H,23,24,25). The van der Waals surface area contributed by atoms with Crippen LogP contribution in [0.15, 0.2) is 51.4 Å². The van der Waals surface area contributed by atoms with Crippen molar-refractivity contribution in [3.05, 3.63) is 78.1 Å². The third-order valence-electron chi connectivity index (χ3n) is 3.92. The molecule has 28 heavy (non-hydrogen) atoms. The van der Waals surface area contributed by atoms with E-state index in [0.29, 0.717) is 37.5 Å². The summed E-state index contributed by atoms with van der Waals surface area (Å²) in [5, 5.41) is 5.77. The van der Waals surface area contributed by atoms with Crippen LogP contribution in [-0.4, -0.2) is 20.9 Å². The van der Waals surface area contributed by atoms with Crippen LogP contribution in [-0.2, 0) is 0 Å². The monoisotopic (exact) mass is 432 g/mol. The largest absolute Gasteiger partial charge is 0.316 e. The van der Waals surface area contributed by atoms with Gasteiger partial charge in [-0.1, -0.05) is 29.3 Å². The Hall–Kier alpha value is -2.94. The SMILES string of the molecule is O=C(Nc1nc(-c2ccc(Cl)c(Cl)c2)cs1)c1ccc2[nH]c(=O)c(=O)[nH]c2c1. The van der Waals surface area contributed by atoms with Crippen LogP contribution in [0.25, 0.3) is 22.3 Å². The van der Waals surface area contributed by atoms with E-state index >= 15 is 0 Å². The minimum absolute atomic E-state index is 0.307. The van der Waals surface area contributed by atoms with Crippen LogP contribution < -0.4 is 16.4 Å². The fraction of sp³-hybridized carbons (Fsp3) is 0. The minimum atomic E-state index is -0.781. The van der Waals surface area contributed by atoms with Gasteiger partial charge in [0.05, 0.1) is 26.8 Å². The molecule has 1 amide bonds. The fourth-order valence-electron chi connectivity index (χ4n) is 2.54. The summed E-state index contributed by atoms with van der Waals surface area (Å²) in [4.78, 5) is 44.6. The summed E-state index contributed by atoms with van der Waals surface area (Å²) in [5.41, 5.74) is 0.989. The Morgan fingerprint density at radius 1 is 0.964 bits per heavy atom. The second kappa shape index (κ2) is 7.23. The highest BCUT2D eigenvalue weighted by atomic mass is 35.5. The number of fused-ring (bicyclic) bond motifs is 1. The first kappa shape index (κ1) is 18.4. The van der Waals surface area contributed by atoms with Gasteiger partial charge in [0.2, 0.25) is 0 Å². The Morgan fingerprint density at radius 3 is 2.46 bits per heavy atom. The van der Waals surface area contributed by atoms with E-state index < -0.39 is 17.0 Å². The van der Waals surface area contributed by atoms with Crippen LogP contribution in [0.2, 0.25) is 10.0 Å². The van der Waals surface area contributed by atoms with Crippen molar-refractivity contribution in [2.75, 3.05) is 5.32 Å². The van der Waals surface area contributed by atoms with Gasteiger partial charge in [-0.2, -0.15) is 0 Å². The number of aromatic nitrogens is 3. The van der Waals surface area contributed by atoms with Crippen molar-refractivity contribution < 1.29 is 4.79 Å². The van der Waals surface area contributed by atoms with Gasteiger partial charge in [-0.25, -0.2) is 4.98 Å². The van der Waals surface area contributed by atoms with Gasteiger partial charge < -0.3 is 9.97 Å². The van der Waals surface area contributed by atoms with E-state index in [9.17, 15) is 14.4 Å². The number of amides is 1. The maximum atomic E-state index is 12.5. The smallest absolute Gasteiger partial charge is 0.314 e. The summed E-state index contributed by atoms with van der Waals surface area (Å²) in [7, 11) is 0. The molecule has 0 spiro atoms. The number of benzene rings is 2. The van der Waals surface area contributed by atoms with Gasteiger partial charge in [0, 0.05) is 16.5 Å². The van der Waals surface area contributed by atoms with Gasteiger partial charge >= 0.3 is 11.1 Å². The van der Waals surface area contributed by atoms with E-state index in [1.54, 1.807) is 35.7 Å². The number of thiazole rings is 1. The van der Waals surface area contributed by atoms with Crippen molar-refractivity contribution in [1.29, 1.82) is 0 Å². The first-order chi connectivity index (χ1) is 13.4. The van der Waals surface area contributed by atoms with Crippen molar-refractivity contribution in [2.45, 2.75) is 0 Å². The predicted molar refractivity (Wildman–Crippen MR) is 111 cm³/mol. The Morgan fingerprint density at radius 2 is 1.71 bits per heavy atom. The fourth-order valence-corrected chi connectivity index (χ4v) is 3.56. The van der Waals surface area contributed by atoms with Gasteiger partial charge in [-0.3, -0.25) is 19.7 Å². The van der Waals surface area contributed by atoms with Crippen LogP contribution in [0.5, 0.6) is 0 Å². The molecule has 10 heteroatoms. The molecule has 0 radical (unpaired) electrons. The molecular weight excluding hydrogens is 423 g/mol. The van der Waals surface area contributed by atoms with Crippen molar-refractivity contribution in [2.24, 2.45) is 0 Å². The number of hydrogen-bond acceptors (Lipinski definition) is 5. The molecule has 0 unspecified atom stereocenters. The molecule has 0 bridgehead atoms. The van der Waals surface area contributed by atoms with Gasteiger partial charge in [-0.05, 0) is 30.3 Å². The molecule has 7 nitrogen and oxygen atoms in total. The summed E-state index contributed by atoms with van der Waals surface area (Å²) in [5.74, 6) is -0.399. The molecule has 0 aliphatic rings. The lowest BCUT2D eigenvalue weighted by atomic mass is 10.2. The third kappa shape index (κ3) is 3.57. The number of nitrogens with one attached hydrogen (secondary N) is 3. The molecule has 0 atom stereocenters. The molecule has 3 N–H and O–H groups in total. The molecule has 0 fully saturated rings. The van der Waals surface area contributed by atoms with Gasteiger partial charge in [-0.15, -0.1) is 11.3 Å². The summed E-state index contributed by atoms with van der Waals surface area (Å²) >= 11 is 13.2. The van der Waals surface area contributed by atoms with Crippen molar-refractivity contribution >= 4 is 56.6 Å². The Balaban J connectivity index is 1.58. The molecule has 2 heterocycles. The van der Waals surface area contributed by atoms with Gasteiger partial charge in [0.25, 0.3) is 5.91 Å². The molecule has 2 aromatic carbocycles. The first-order valence-electron chi connectivity index (χ1n) is 7.89. The lowest BCUT2D eigenvalue weighted by molar-refractivity contribution is 0.102. The topological polar surface area (TPSA) is 108 Å². The summed E-state index contributed by atoms with van der Waals surface area (Å²) in [6.07, 6.45) is 0. The highest BCUT2D eigenvalue weighted by molar-refractivity contribution is 7.14. The van der Waals surface area contributed by atoms with E-state index in [0.717, 1.165) is 5.56 Å². The van der Waals surface area contributed by atoms with Crippen molar-refractivity contribution in [3.63, 3.8) is 0 Å². The average Bonchev–Trinajstić information content (AvgIpc) is 3.13. The highest BCUT2D eigenvalue weighted by Crippen LogP contribution is 2.30. The Bertz CT molecular complexity index is 1340. The summed E-state index contributed by atoms with van der Waals surface area (Å²) < 4.78 is 0. The maximum absolute atomic E-state index is 12.5. The van der Waals surface area contributed by atoms with E-state index in [1.807, 2.05) is 0 Å².